The van der Waals surface area contributed by atoms with Crippen molar-refractivity contribution in [3.05, 3.63) is 71.3 Å². The van der Waals surface area contributed by atoms with Crippen LogP contribution in [0.15, 0.2) is 54.6 Å². The second kappa shape index (κ2) is 7.09. The molecule has 4 heteroatoms. The van der Waals surface area contributed by atoms with Gasteiger partial charge in [-0.05, 0) is 42.0 Å². The molecule has 2 unspecified atom stereocenters. The van der Waals surface area contributed by atoms with Crippen molar-refractivity contribution < 1.29 is 9.00 Å². The van der Waals surface area contributed by atoms with E-state index in [1.807, 2.05) is 42.5 Å². The average molecular weight is 327 g/mol. The first-order valence-electron chi connectivity index (χ1n) is 7.88. The molecule has 1 saturated carbocycles. The lowest BCUT2D eigenvalue weighted by molar-refractivity contribution is 0.0931. The molecular formula is C19H21NO2S. The third-order valence-electron chi connectivity index (χ3n) is 4.10. The molecule has 1 amide bonds. The van der Waals surface area contributed by atoms with Crippen LogP contribution in [0.2, 0.25) is 0 Å². The van der Waals surface area contributed by atoms with E-state index in [2.05, 4.69) is 17.4 Å². The number of hydrogen-bond acceptors (Lipinski definition) is 2. The molecule has 0 radical (unpaired) electrons. The van der Waals surface area contributed by atoms with Crippen LogP contribution in [0.4, 0.5) is 0 Å². The molecule has 0 aromatic heterocycles. The van der Waals surface area contributed by atoms with Crippen molar-refractivity contribution in [2.75, 3.05) is 6.26 Å². The fraction of sp³-hybridized carbons (Fsp3) is 0.316. The number of nitrogens with one attached hydrogen (secondary N) is 1. The number of rotatable bonds is 6. The zero-order chi connectivity index (χ0) is 16.2. The third-order valence-corrected chi connectivity index (χ3v) is 4.84. The van der Waals surface area contributed by atoms with Crippen LogP contribution in [0.3, 0.4) is 0 Å². The molecule has 0 saturated heterocycles. The summed E-state index contributed by atoms with van der Waals surface area (Å²) in [6.07, 6.45) is 3.99. The van der Waals surface area contributed by atoms with E-state index in [4.69, 9.17) is 0 Å². The molecule has 2 aromatic rings. The third kappa shape index (κ3) is 4.29. The highest BCUT2D eigenvalue weighted by Crippen LogP contribution is 2.41. The zero-order valence-electron chi connectivity index (χ0n) is 13.2. The Bertz CT molecular complexity index is 710. The van der Waals surface area contributed by atoms with E-state index < -0.39 is 10.8 Å². The van der Waals surface area contributed by atoms with Gasteiger partial charge in [0.15, 0.2) is 0 Å². The van der Waals surface area contributed by atoms with Gasteiger partial charge >= 0.3 is 0 Å². The van der Waals surface area contributed by atoms with Crippen molar-refractivity contribution in [3.8, 4) is 0 Å². The molecule has 2 aromatic carbocycles. The van der Waals surface area contributed by atoms with Gasteiger partial charge in [-0.1, -0.05) is 42.5 Å². The Balaban J connectivity index is 1.76. The Hall–Kier alpha value is -1.94. The lowest BCUT2D eigenvalue weighted by Crippen LogP contribution is -2.29. The van der Waals surface area contributed by atoms with Crippen LogP contribution in [0.25, 0.3) is 0 Å². The SMILES string of the molecule is CS(=O)Cc1cccc(C(=O)NC(c2ccccc2)C2CC2)c1. The summed E-state index contributed by atoms with van der Waals surface area (Å²) in [6, 6.07) is 17.6. The fourth-order valence-electron chi connectivity index (χ4n) is 2.82. The first-order chi connectivity index (χ1) is 11.1. The lowest BCUT2D eigenvalue weighted by atomic mass is 10.0. The van der Waals surface area contributed by atoms with Crippen molar-refractivity contribution in [1.82, 2.24) is 5.32 Å². The van der Waals surface area contributed by atoms with Crippen LogP contribution in [-0.2, 0) is 16.6 Å². The van der Waals surface area contributed by atoms with Crippen LogP contribution in [0, 0.1) is 5.92 Å². The number of carbonyl (C=O) groups is 1. The molecule has 0 bridgehead atoms. The number of carbonyl (C=O) groups excluding carboxylic acids is 1. The van der Waals surface area contributed by atoms with Crippen LogP contribution in [0.1, 0.15) is 40.4 Å². The van der Waals surface area contributed by atoms with Gasteiger partial charge in [-0.2, -0.15) is 0 Å². The molecule has 1 fully saturated rings. The van der Waals surface area contributed by atoms with Gasteiger partial charge < -0.3 is 5.32 Å². The maximum absolute atomic E-state index is 12.6. The standard InChI is InChI=1S/C19H21NO2S/c1-23(22)13-14-6-5-9-17(12-14)19(21)20-18(16-10-11-16)15-7-3-2-4-8-15/h2-9,12,16,18H,10-11,13H2,1H3,(H,20,21). The Morgan fingerprint density at radius 1 is 1.17 bits per heavy atom. The van der Waals surface area contributed by atoms with Gasteiger partial charge in [-0.15, -0.1) is 0 Å². The Labute approximate surface area is 139 Å². The summed E-state index contributed by atoms with van der Waals surface area (Å²) >= 11 is 0. The summed E-state index contributed by atoms with van der Waals surface area (Å²) in [5, 5.41) is 3.18. The van der Waals surface area contributed by atoms with E-state index in [0.717, 1.165) is 24.0 Å². The Kier molecular flexibility index (Phi) is 4.91. The predicted octanol–water partition coefficient (Wildman–Crippen LogP) is 3.45. The van der Waals surface area contributed by atoms with Gasteiger partial charge in [-0.3, -0.25) is 9.00 Å². The summed E-state index contributed by atoms with van der Waals surface area (Å²) in [6.45, 7) is 0. The lowest BCUT2D eigenvalue weighted by Gasteiger charge is -2.19. The quantitative estimate of drug-likeness (QED) is 0.883. The summed E-state index contributed by atoms with van der Waals surface area (Å²) in [4.78, 5) is 12.6. The molecule has 0 heterocycles. The van der Waals surface area contributed by atoms with Crippen LogP contribution < -0.4 is 5.32 Å². The second-order valence-corrected chi connectivity index (χ2v) is 7.55. The van der Waals surface area contributed by atoms with Crippen LogP contribution in [-0.4, -0.2) is 16.4 Å². The highest BCUT2D eigenvalue weighted by molar-refractivity contribution is 7.83. The average Bonchev–Trinajstić information content (AvgIpc) is 3.37. The molecule has 1 N–H and O–H groups in total. The number of hydrogen-bond donors (Lipinski definition) is 1. The van der Waals surface area contributed by atoms with E-state index >= 15 is 0 Å². The summed E-state index contributed by atoms with van der Waals surface area (Å²) in [5.74, 6) is 0.952. The number of benzene rings is 2. The monoisotopic (exact) mass is 327 g/mol. The molecular weight excluding hydrogens is 306 g/mol. The highest BCUT2D eigenvalue weighted by Gasteiger charge is 2.33. The molecule has 2 atom stereocenters. The molecule has 3 nitrogen and oxygen atoms in total. The molecule has 0 spiro atoms. The van der Waals surface area contributed by atoms with E-state index in [1.165, 1.54) is 0 Å². The van der Waals surface area contributed by atoms with E-state index in [-0.39, 0.29) is 11.9 Å². The largest absolute Gasteiger partial charge is 0.345 e. The zero-order valence-corrected chi connectivity index (χ0v) is 14.0. The van der Waals surface area contributed by atoms with E-state index in [9.17, 15) is 9.00 Å². The van der Waals surface area contributed by atoms with Gasteiger partial charge in [-0.25, -0.2) is 0 Å². The molecule has 1 aliphatic rings. The topological polar surface area (TPSA) is 46.2 Å². The van der Waals surface area contributed by atoms with Gasteiger partial charge in [0.25, 0.3) is 5.91 Å². The maximum atomic E-state index is 12.6. The molecule has 3 rings (SSSR count). The summed E-state index contributed by atoms with van der Waals surface area (Å²) in [5.41, 5.74) is 2.73. The fourth-order valence-corrected chi connectivity index (χ4v) is 3.47. The first kappa shape index (κ1) is 15.9. The van der Waals surface area contributed by atoms with Crippen LogP contribution in [0.5, 0.6) is 0 Å². The maximum Gasteiger partial charge on any atom is 0.251 e. The molecule has 1 aliphatic carbocycles. The van der Waals surface area contributed by atoms with Crippen molar-refractivity contribution >= 4 is 16.7 Å². The predicted molar refractivity (Wildman–Crippen MR) is 93.6 cm³/mol. The minimum Gasteiger partial charge on any atom is -0.345 e. The second-order valence-electron chi connectivity index (χ2n) is 6.12. The minimum atomic E-state index is -0.908. The summed E-state index contributed by atoms with van der Waals surface area (Å²) < 4.78 is 11.4. The highest BCUT2D eigenvalue weighted by atomic mass is 32.2. The van der Waals surface area contributed by atoms with Gasteiger partial charge in [0.1, 0.15) is 0 Å². The minimum absolute atomic E-state index is 0.0607. The molecule has 0 aliphatic heterocycles. The smallest absolute Gasteiger partial charge is 0.251 e. The van der Waals surface area contributed by atoms with Crippen molar-refractivity contribution in [2.45, 2.75) is 24.6 Å². The van der Waals surface area contributed by atoms with E-state index in [0.29, 0.717) is 17.2 Å². The normalized spacial score (nSPS) is 16.6. The van der Waals surface area contributed by atoms with Crippen LogP contribution >= 0.6 is 0 Å². The molecule has 23 heavy (non-hydrogen) atoms. The van der Waals surface area contributed by atoms with Gasteiger partial charge in [0.2, 0.25) is 0 Å². The van der Waals surface area contributed by atoms with Crippen molar-refractivity contribution in [1.29, 1.82) is 0 Å². The summed E-state index contributed by atoms with van der Waals surface area (Å²) in [7, 11) is -0.908. The van der Waals surface area contributed by atoms with E-state index in [1.54, 1.807) is 6.26 Å². The van der Waals surface area contributed by atoms with Crippen molar-refractivity contribution in [3.63, 3.8) is 0 Å². The first-order valence-corrected chi connectivity index (χ1v) is 9.61. The van der Waals surface area contributed by atoms with Gasteiger partial charge in [0, 0.05) is 28.4 Å². The molecule has 120 valence electrons. The Morgan fingerprint density at radius 2 is 1.91 bits per heavy atom. The van der Waals surface area contributed by atoms with Gasteiger partial charge in [0.05, 0.1) is 6.04 Å². The Morgan fingerprint density at radius 3 is 2.57 bits per heavy atom. The number of amides is 1. The van der Waals surface area contributed by atoms with Crippen molar-refractivity contribution in [2.24, 2.45) is 5.92 Å².